The smallest absolute Gasteiger partial charge is 0.326 e. The van der Waals surface area contributed by atoms with Crippen molar-refractivity contribution < 1.29 is 15.0 Å². The molecule has 0 fully saturated rings. The van der Waals surface area contributed by atoms with Gasteiger partial charge in [-0.1, -0.05) is 32.0 Å². The Bertz CT molecular complexity index is 938. The Balaban J connectivity index is 2.04. The Hall–Kier alpha value is -2.25. The molecule has 5 nitrogen and oxygen atoms in total. The van der Waals surface area contributed by atoms with Crippen molar-refractivity contribution in [1.29, 1.82) is 0 Å². The van der Waals surface area contributed by atoms with Crippen LogP contribution < -0.4 is 0 Å². The number of aliphatic carboxylic acids is 1. The minimum Gasteiger partial charge on any atom is -0.493 e. The van der Waals surface area contributed by atoms with E-state index in [0.717, 1.165) is 16.8 Å². The summed E-state index contributed by atoms with van der Waals surface area (Å²) in [4.78, 5) is 16.5. The van der Waals surface area contributed by atoms with E-state index in [1.165, 1.54) is 15.9 Å². The average molecular weight is 374 g/mol. The van der Waals surface area contributed by atoms with E-state index in [4.69, 9.17) is 12.2 Å². The molecular weight excluding hydrogens is 356 g/mol. The van der Waals surface area contributed by atoms with Crippen molar-refractivity contribution in [2.45, 2.75) is 26.3 Å². The molecule has 130 valence electrons. The first-order valence-corrected chi connectivity index (χ1v) is 9.13. The predicted molar refractivity (Wildman–Crippen MR) is 103 cm³/mol. The van der Waals surface area contributed by atoms with Crippen molar-refractivity contribution in [2.75, 3.05) is 0 Å². The van der Waals surface area contributed by atoms with E-state index < -0.39 is 12.0 Å². The first-order chi connectivity index (χ1) is 11.9. The van der Waals surface area contributed by atoms with Gasteiger partial charge in [0.15, 0.2) is 3.95 Å². The van der Waals surface area contributed by atoms with Gasteiger partial charge in [0.05, 0.1) is 10.6 Å². The maximum absolute atomic E-state index is 11.6. The lowest BCUT2D eigenvalue weighted by atomic mass is 10.0. The Morgan fingerprint density at radius 3 is 2.80 bits per heavy atom. The summed E-state index contributed by atoms with van der Waals surface area (Å²) >= 11 is 6.52. The number of allylic oxidation sites excluding steroid dienone is 1. The molecule has 1 aromatic carbocycles. The third-order valence-corrected chi connectivity index (χ3v) is 5.32. The minimum absolute atomic E-state index is 0.103. The molecule has 7 heteroatoms. The summed E-state index contributed by atoms with van der Waals surface area (Å²) in [5.41, 5.74) is 2.72. The van der Waals surface area contributed by atoms with E-state index in [1.54, 1.807) is 12.3 Å². The van der Waals surface area contributed by atoms with Crippen LogP contribution in [0.1, 0.15) is 36.8 Å². The van der Waals surface area contributed by atoms with E-state index >= 15 is 0 Å². The number of para-hydroxylation sites is 1. The second kappa shape index (κ2) is 6.93. The summed E-state index contributed by atoms with van der Waals surface area (Å²) in [6.07, 6.45) is 3.93. The number of fused-ring (bicyclic) bond motifs is 1. The molecule has 1 aliphatic rings. The number of carboxylic acid groups (broad SMARTS) is 1. The maximum Gasteiger partial charge on any atom is 0.326 e. The van der Waals surface area contributed by atoms with Gasteiger partial charge in [-0.2, -0.15) is 0 Å². The number of nitrogens with zero attached hydrogens (tertiary/aromatic N) is 2. The summed E-state index contributed by atoms with van der Waals surface area (Å²) in [7, 11) is 0. The van der Waals surface area contributed by atoms with Crippen LogP contribution in [0.3, 0.4) is 0 Å². The van der Waals surface area contributed by atoms with Crippen molar-refractivity contribution in [2.24, 2.45) is 10.9 Å². The molecule has 0 unspecified atom stereocenters. The van der Waals surface area contributed by atoms with Gasteiger partial charge < -0.3 is 10.2 Å². The Labute approximate surface area is 154 Å². The van der Waals surface area contributed by atoms with Gasteiger partial charge in [-0.05, 0) is 36.7 Å². The molecule has 3 rings (SSSR count). The number of hydrogen-bond acceptors (Lipinski definition) is 5. The largest absolute Gasteiger partial charge is 0.493 e. The van der Waals surface area contributed by atoms with E-state index in [-0.39, 0.29) is 11.8 Å². The lowest BCUT2D eigenvalue weighted by molar-refractivity contribution is -0.141. The average Bonchev–Trinajstić information content (AvgIpc) is 3.07. The van der Waals surface area contributed by atoms with Crippen molar-refractivity contribution in [3.8, 4) is 5.88 Å². The Morgan fingerprint density at radius 1 is 1.40 bits per heavy atom. The molecule has 0 amide bonds. The molecule has 2 aromatic rings. The van der Waals surface area contributed by atoms with Crippen LogP contribution in [0.2, 0.25) is 0 Å². The van der Waals surface area contributed by atoms with Crippen LogP contribution in [0.15, 0.2) is 29.3 Å². The maximum atomic E-state index is 11.6. The summed E-state index contributed by atoms with van der Waals surface area (Å²) in [5, 5.41) is 20.1. The normalized spacial score (nSPS) is 15.7. The van der Waals surface area contributed by atoms with Crippen molar-refractivity contribution in [3.05, 3.63) is 38.7 Å². The molecule has 2 N–H and O–H groups in total. The molecule has 25 heavy (non-hydrogen) atoms. The van der Waals surface area contributed by atoms with Crippen molar-refractivity contribution >= 4 is 53.1 Å². The zero-order valence-electron chi connectivity index (χ0n) is 13.8. The fraction of sp³-hybridized carbons (Fsp3) is 0.278. The number of hydrogen-bond donors (Lipinski definition) is 2. The molecule has 0 radical (unpaired) electrons. The lowest BCUT2D eigenvalue weighted by Crippen LogP contribution is -2.20. The topological polar surface area (TPSA) is 74.8 Å². The Kier molecular flexibility index (Phi) is 4.87. The fourth-order valence-electron chi connectivity index (χ4n) is 2.82. The highest BCUT2D eigenvalue weighted by atomic mass is 32.1. The van der Waals surface area contributed by atoms with Gasteiger partial charge in [-0.3, -0.25) is 9.56 Å². The zero-order chi connectivity index (χ0) is 18.1. The molecular formula is C18H18N2O3S2. The predicted octanol–water partition coefficient (Wildman–Crippen LogP) is 4.91. The van der Waals surface area contributed by atoms with Gasteiger partial charge in [0.2, 0.25) is 5.88 Å². The summed E-state index contributed by atoms with van der Waals surface area (Å²) in [6, 6.07) is 6.85. The van der Waals surface area contributed by atoms with Crippen LogP contribution in [0.5, 0.6) is 5.88 Å². The van der Waals surface area contributed by atoms with Crippen LogP contribution in [0, 0.1) is 9.87 Å². The van der Waals surface area contributed by atoms with Crippen molar-refractivity contribution in [1.82, 2.24) is 4.57 Å². The van der Waals surface area contributed by atoms with Crippen LogP contribution in [-0.2, 0) is 4.79 Å². The molecule has 1 aromatic heterocycles. The van der Waals surface area contributed by atoms with Gasteiger partial charge in [0, 0.05) is 17.4 Å². The van der Waals surface area contributed by atoms with Crippen molar-refractivity contribution in [3.63, 3.8) is 0 Å². The van der Waals surface area contributed by atoms with Gasteiger partial charge in [0.25, 0.3) is 0 Å². The number of aromatic nitrogens is 1. The van der Waals surface area contributed by atoms with Crippen LogP contribution >= 0.6 is 23.6 Å². The van der Waals surface area contributed by atoms with Gasteiger partial charge >= 0.3 is 5.97 Å². The quantitative estimate of drug-likeness (QED) is 0.729. The highest BCUT2D eigenvalue weighted by molar-refractivity contribution is 7.73. The third-order valence-electron chi connectivity index (χ3n) is 3.98. The van der Waals surface area contributed by atoms with Crippen LogP contribution in [0.4, 0.5) is 5.69 Å². The lowest BCUT2D eigenvalue weighted by Gasteiger charge is -2.17. The van der Waals surface area contributed by atoms with Crippen LogP contribution in [-0.4, -0.2) is 27.0 Å². The van der Waals surface area contributed by atoms with E-state index in [1.807, 2.05) is 38.1 Å². The molecule has 2 heterocycles. The standard InChI is InChI=1S/C18H18N2O3S2/c1-10(2)7-14(17(22)23)20-16(21)15(25-18(20)24)8-11-9-19-13-6-4-3-5-12(11)13/h3-6,8-10,14,21H,7H2,1-2H3,(H,22,23)/b11-8+/t14-/m0/s1. The number of carboxylic acids is 1. The molecule has 0 aliphatic carbocycles. The second-order valence-electron chi connectivity index (χ2n) is 6.28. The van der Waals surface area contributed by atoms with E-state index in [2.05, 4.69) is 4.99 Å². The first-order valence-electron chi connectivity index (χ1n) is 7.90. The number of benzene rings is 1. The Morgan fingerprint density at radius 2 is 2.12 bits per heavy atom. The molecule has 0 saturated carbocycles. The summed E-state index contributed by atoms with van der Waals surface area (Å²) < 4.78 is 1.69. The number of aromatic hydroxyl groups is 1. The second-order valence-corrected chi connectivity index (χ2v) is 7.96. The third kappa shape index (κ3) is 3.43. The number of rotatable bonds is 5. The van der Waals surface area contributed by atoms with Gasteiger partial charge in [-0.15, -0.1) is 11.3 Å². The number of thiazole rings is 1. The molecule has 0 spiro atoms. The van der Waals surface area contributed by atoms with Crippen LogP contribution in [0.25, 0.3) is 11.6 Å². The highest BCUT2D eigenvalue weighted by Crippen LogP contribution is 2.37. The first kappa shape index (κ1) is 17.6. The minimum atomic E-state index is -0.995. The summed E-state index contributed by atoms with van der Waals surface area (Å²) in [6.45, 7) is 3.88. The van der Waals surface area contributed by atoms with Gasteiger partial charge in [0.1, 0.15) is 6.04 Å². The number of aliphatic imine (C=N–C) groups is 1. The molecule has 0 bridgehead atoms. The van der Waals surface area contributed by atoms with E-state index in [0.29, 0.717) is 15.3 Å². The molecule has 1 atom stereocenters. The highest BCUT2D eigenvalue weighted by Gasteiger charge is 2.26. The molecule has 1 aliphatic heterocycles. The SMILES string of the molecule is CC(C)C[C@@H](C(=O)O)n1c(O)c(/C=C2\C=Nc3ccccc32)sc1=S. The van der Waals surface area contributed by atoms with Gasteiger partial charge in [-0.25, -0.2) is 4.79 Å². The zero-order valence-corrected chi connectivity index (χ0v) is 15.5. The monoisotopic (exact) mass is 374 g/mol. The number of carbonyl (C=O) groups is 1. The summed E-state index contributed by atoms with van der Waals surface area (Å²) in [5.74, 6) is -0.934. The van der Waals surface area contributed by atoms with E-state index in [9.17, 15) is 15.0 Å². The fourth-order valence-corrected chi connectivity index (χ4v) is 4.18. The molecule has 0 saturated heterocycles.